The summed E-state index contributed by atoms with van der Waals surface area (Å²) in [5.74, 6) is -1.49. The van der Waals surface area contributed by atoms with E-state index in [0.717, 1.165) is 16.9 Å². The van der Waals surface area contributed by atoms with Crippen molar-refractivity contribution in [2.75, 3.05) is 6.67 Å². The molecule has 200 valence electrons. The standard InChI is InChI=1S/C20H17ClF4N4O2.C3H5F.C2H4/c1-4-10(2)29-19(20(23,24)25)13(9-27-29)18-12(8-26-11(3)30)17(28-31-18)16-14(21)6-5-7-15(16)22;1-2-3-4;1-2/h4-7,9H,8H2,1-3H3,(H,26,30);2H,1,3H2;1-2H2/b10-4+;;. The van der Waals surface area contributed by atoms with Gasteiger partial charge in [-0.15, -0.1) is 19.7 Å². The van der Waals surface area contributed by atoms with Gasteiger partial charge < -0.3 is 9.84 Å². The van der Waals surface area contributed by atoms with Gasteiger partial charge in [0.15, 0.2) is 11.5 Å². The van der Waals surface area contributed by atoms with Crippen LogP contribution in [0.4, 0.5) is 22.0 Å². The molecule has 2 aromatic heterocycles. The van der Waals surface area contributed by atoms with Gasteiger partial charge in [-0.05, 0) is 26.0 Å². The van der Waals surface area contributed by atoms with Gasteiger partial charge in [-0.2, -0.15) is 18.3 Å². The molecule has 3 rings (SSSR count). The molecule has 2 heterocycles. The zero-order valence-electron chi connectivity index (χ0n) is 20.4. The third-order valence-corrected chi connectivity index (χ3v) is 4.96. The number of hydrogen-bond donors (Lipinski definition) is 1. The maximum absolute atomic E-state index is 14.5. The lowest BCUT2D eigenvalue weighted by Gasteiger charge is -2.13. The quantitative estimate of drug-likeness (QED) is 0.258. The topological polar surface area (TPSA) is 73.0 Å². The molecule has 0 bridgehead atoms. The fraction of sp³-hybridized carbons (Fsp3) is 0.240. The normalized spacial score (nSPS) is 11.1. The van der Waals surface area contributed by atoms with E-state index >= 15 is 0 Å². The van der Waals surface area contributed by atoms with Crippen LogP contribution in [0.1, 0.15) is 32.0 Å². The van der Waals surface area contributed by atoms with E-state index in [1.807, 2.05) is 0 Å². The number of nitrogens with zero attached hydrogens (tertiary/aromatic N) is 3. The summed E-state index contributed by atoms with van der Waals surface area (Å²) in [5.41, 5.74) is -1.49. The van der Waals surface area contributed by atoms with E-state index < -0.39 is 35.8 Å². The molecule has 0 unspecified atom stereocenters. The van der Waals surface area contributed by atoms with Gasteiger partial charge in [0, 0.05) is 24.7 Å². The largest absolute Gasteiger partial charge is 0.434 e. The first kappa shape index (κ1) is 31.3. The number of aromatic nitrogens is 3. The zero-order valence-corrected chi connectivity index (χ0v) is 21.2. The summed E-state index contributed by atoms with van der Waals surface area (Å²) >= 11 is 6.11. The van der Waals surface area contributed by atoms with Crippen molar-refractivity contribution in [3.8, 4) is 22.6 Å². The Labute approximate surface area is 216 Å². The van der Waals surface area contributed by atoms with Crippen molar-refractivity contribution in [3.05, 3.63) is 78.4 Å². The minimum Gasteiger partial charge on any atom is -0.355 e. The highest BCUT2D eigenvalue weighted by Crippen LogP contribution is 2.42. The van der Waals surface area contributed by atoms with Crippen LogP contribution in [0.3, 0.4) is 0 Å². The molecule has 0 saturated heterocycles. The molecule has 0 aliphatic carbocycles. The summed E-state index contributed by atoms with van der Waals surface area (Å²) in [5, 5.41) is 10.1. The summed E-state index contributed by atoms with van der Waals surface area (Å²) in [6.45, 7) is 12.7. The average Bonchev–Trinajstić information content (AvgIpc) is 3.48. The highest BCUT2D eigenvalue weighted by molar-refractivity contribution is 6.33. The zero-order chi connectivity index (χ0) is 28.3. The van der Waals surface area contributed by atoms with Gasteiger partial charge in [0.2, 0.25) is 5.91 Å². The lowest BCUT2D eigenvalue weighted by Crippen LogP contribution is -2.20. The lowest BCUT2D eigenvalue weighted by molar-refractivity contribution is -0.142. The van der Waals surface area contributed by atoms with Crippen molar-refractivity contribution in [2.45, 2.75) is 33.5 Å². The Bertz CT molecular complexity index is 1230. The third kappa shape index (κ3) is 7.63. The first-order chi connectivity index (χ1) is 17.5. The maximum Gasteiger partial charge on any atom is 0.434 e. The molecule has 0 radical (unpaired) electrons. The molecule has 1 amide bonds. The van der Waals surface area contributed by atoms with E-state index in [4.69, 9.17) is 16.1 Å². The first-order valence-corrected chi connectivity index (χ1v) is 11.0. The van der Waals surface area contributed by atoms with Crippen LogP contribution in [0.2, 0.25) is 5.02 Å². The van der Waals surface area contributed by atoms with Crippen LogP contribution in [-0.4, -0.2) is 27.5 Å². The number of rotatable bonds is 6. The Hall–Kier alpha value is -3.73. The fourth-order valence-corrected chi connectivity index (χ4v) is 3.25. The molecule has 37 heavy (non-hydrogen) atoms. The highest BCUT2D eigenvalue weighted by Gasteiger charge is 2.41. The van der Waals surface area contributed by atoms with E-state index in [1.54, 1.807) is 6.92 Å². The van der Waals surface area contributed by atoms with E-state index in [0.29, 0.717) is 0 Å². The molecule has 1 N–H and O–H groups in total. The number of carbonyl (C=O) groups excluding carboxylic acids is 1. The number of alkyl halides is 4. The van der Waals surface area contributed by atoms with E-state index in [-0.39, 0.29) is 39.8 Å². The Balaban J connectivity index is 0.00000104. The van der Waals surface area contributed by atoms with Crippen molar-refractivity contribution in [1.82, 2.24) is 20.3 Å². The van der Waals surface area contributed by atoms with Gasteiger partial charge in [0.25, 0.3) is 0 Å². The van der Waals surface area contributed by atoms with Crippen LogP contribution in [0.15, 0.2) is 60.8 Å². The molecular weight excluding hydrogens is 519 g/mol. The molecule has 6 nitrogen and oxygen atoms in total. The van der Waals surface area contributed by atoms with Crippen LogP contribution in [-0.2, 0) is 17.5 Å². The van der Waals surface area contributed by atoms with Crippen molar-refractivity contribution in [2.24, 2.45) is 0 Å². The number of benzene rings is 1. The highest BCUT2D eigenvalue weighted by atomic mass is 35.5. The summed E-state index contributed by atoms with van der Waals surface area (Å²) in [6, 6.07) is 3.92. The predicted octanol–water partition coefficient (Wildman–Crippen LogP) is 7.48. The average molecular weight is 545 g/mol. The smallest absolute Gasteiger partial charge is 0.355 e. The van der Waals surface area contributed by atoms with Gasteiger partial charge in [-0.25, -0.2) is 13.5 Å². The Morgan fingerprint density at radius 1 is 1.27 bits per heavy atom. The number of halogens is 6. The van der Waals surface area contributed by atoms with Gasteiger partial charge in [-0.3, -0.25) is 4.79 Å². The van der Waals surface area contributed by atoms with Crippen LogP contribution < -0.4 is 5.32 Å². The van der Waals surface area contributed by atoms with Crippen molar-refractivity contribution in [1.29, 1.82) is 0 Å². The number of amides is 1. The van der Waals surface area contributed by atoms with E-state index in [1.165, 1.54) is 38.1 Å². The van der Waals surface area contributed by atoms with Gasteiger partial charge >= 0.3 is 6.18 Å². The van der Waals surface area contributed by atoms with Gasteiger partial charge in [0.1, 0.15) is 18.2 Å². The Morgan fingerprint density at radius 3 is 2.38 bits per heavy atom. The predicted molar refractivity (Wildman–Crippen MR) is 134 cm³/mol. The van der Waals surface area contributed by atoms with E-state index in [9.17, 15) is 26.7 Å². The molecule has 1 aromatic carbocycles. The first-order valence-electron chi connectivity index (χ1n) is 10.6. The molecule has 0 aliphatic rings. The monoisotopic (exact) mass is 544 g/mol. The Kier molecular flexibility index (Phi) is 11.9. The van der Waals surface area contributed by atoms with Crippen molar-refractivity contribution < 1.29 is 31.3 Å². The van der Waals surface area contributed by atoms with Gasteiger partial charge in [0.05, 0.1) is 22.3 Å². The van der Waals surface area contributed by atoms with Crippen LogP contribution >= 0.6 is 11.6 Å². The molecule has 0 aliphatic heterocycles. The molecule has 12 heteroatoms. The second-order valence-electron chi connectivity index (χ2n) is 7.03. The maximum atomic E-state index is 14.5. The summed E-state index contributed by atoms with van der Waals surface area (Å²) in [6.07, 6.45) is -1.13. The SMILES string of the molecule is C/C=C(\C)n1ncc(-c2onc(-c3c(F)cccc3Cl)c2CNC(C)=O)c1C(F)(F)F.C=C.C=CCF. The van der Waals surface area contributed by atoms with Crippen molar-refractivity contribution in [3.63, 3.8) is 0 Å². The second kappa shape index (κ2) is 14.1. The molecule has 0 atom stereocenters. The molecule has 0 saturated carbocycles. The number of carbonyl (C=O) groups is 1. The summed E-state index contributed by atoms with van der Waals surface area (Å²) in [4.78, 5) is 11.5. The third-order valence-electron chi connectivity index (χ3n) is 4.65. The summed E-state index contributed by atoms with van der Waals surface area (Å²) in [7, 11) is 0. The lowest BCUT2D eigenvalue weighted by atomic mass is 10.0. The number of hydrogen-bond acceptors (Lipinski definition) is 4. The van der Waals surface area contributed by atoms with Crippen LogP contribution in [0, 0.1) is 5.82 Å². The minimum absolute atomic E-state index is 0.0135. The number of nitrogens with one attached hydrogen (secondary N) is 1. The number of allylic oxidation sites excluding steroid dienone is 3. The van der Waals surface area contributed by atoms with E-state index in [2.05, 4.69) is 35.3 Å². The molecule has 0 fully saturated rings. The van der Waals surface area contributed by atoms with Gasteiger partial charge in [-0.1, -0.05) is 35.0 Å². The second-order valence-corrected chi connectivity index (χ2v) is 7.44. The minimum atomic E-state index is -4.79. The van der Waals surface area contributed by atoms with Crippen molar-refractivity contribution >= 4 is 23.2 Å². The summed E-state index contributed by atoms with van der Waals surface area (Å²) < 4.78 is 72.9. The fourth-order valence-electron chi connectivity index (χ4n) is 3.00. The van der Waals surface area contributed by atoms with Crippen LogP contribution in [0.25, 0.3) is 28.3 Å². The molecule has 0 spiro atoms. The molecule has 3 aromatic rings. The molecular formula is C25H26ClF5N4O2. The Morgan fingerprint density at radius 2 is 1.89 bits per heavy atom. The van der Waals surface area contributed by atoms with Crippen LogP contribution in [0.5, 0.6) is 0 Å².